The number of hydrogen-bond donors (Lipinski definition) is 1. The summed E-state index contributed by atoms with van der Waals surface area (Å²) in [5.74, 6) is 0.346. The topological polar surface area (TPSA) is 20.2 Å². The number of benzene rings is 1. The highest BCUT2D eigenvalue weighted by atomic mass is 35.5. The molecule has 0 saturated carbocycles. The molecule has 1 nitrogen and oxygen atoms in total. The van der Waals surface area contributed by atoms with Crippen molar-refractivity contribution in [3.63, 3.8) is 0 Å². The number of halogens is 1. The van der Waals surface area contributed by atoms with Gasteiger partial charge in [0.2, 0.25) is 0 Å². The van der Waals surface area contributed by atoms with E-state index in [2.05, 4.69) is 20.8 Å². The van der Waals surface area contributed by atoms with Crippen molar-refractivity contribution in [3.05, 3.63) is 29.3 Å². The van der Waals surface area contributed by atoms with Crippen LogP contribution in [0.5, 0.6) is 5.75 Å². The number of alkyl halides is 1. The first-order chi connectivity index (χ1) is 6.32. The first-order valence-corrected chi connectivity index (χ1v) is 5.23. The van der Waals surface area contributed by atoms with Crippen molar-refractivity contribution in [1.29, 1.82) is 0 Å². The highest BCUT2D eigenvalue weighted by Crippen LogP contribution is 2.33. The fraction of sp³-hybridized carbons (Fsp3) is 0.500. The molecular weight excluding hydrogens is 196 g/mol. The van der Waals surface area contributed by atoms with Gasteiger partial charge in [0.25, 0.3) is 0 Å². The molecule has 1 atom stereocenters. The lowest BCUT2D eigenvalue weighted by molar-refractivity contribution is 0.446. The normalized spacial score (nSPS) is 14.1. The average Bonchev–Trinajstić information content (AvgIpc) is 2.02. The van der Waals surface area contributed by atoms with Gasteiger partial charge in [-0.2, -0.15) is 0 Å². The molecule has 1 aromatic carbocycles. The summed E-state index contributed by atoms with van der Waals surface area (Å²) in [6, 6.07) is 5.56. The van der Waals surface area contributed by atoms with Gasteiger partial charge in [-0.05, 0) is 29.5 Å². The summed E-state index contributed by atoms with van der Waals surface area (Å²) in [4.78, 5) is 0. The minimum absolute atomic E-state index is 0.0169. The minimum Gasteiger partial charge on any atom is -0.508 e. The van der Waals surface area contributed by atoms with Gasteiger partial charge in [-0.1, -0.05) is 32.9 Å². The van der Waals surface area contributed by atoms with Gasteiger partial charge < -0.3 is 5.11 Å². The van der Waals surface area contributed by atoms with Gasteiger partial charge in [-0.25, -0.2) is 0 Å². The third-order valence-electron chi connectivity index (χ3n) is 2.29. The number of phenolic OH excluding ortho intramolecular Hbond substituents is 1. The predicted octanol–water partition coefficient (Wildman–Crippen LogP) is 3.99. The van der Waals surface area contributed by atoms with Gasteiger partial charge in [0.15, 0.2) is 0 Å². The summed E-state index contributed by atoms with van der Waals surface area (Å²) >= 11 is 6.00. The van der Waals surface area contributed by atoms with E-state index < -0.39 is 0 Å². The van der Waals surface area contributed by atoms with Crippen molar-refractivity contribution in [2.45, 2.75) is 38.5 Å². The third-order valence-corrected chi connectivity index (χ3v) is 2.54. The van der Waals surface area contributed by atoms with Gasteiger partial charge in [0, 0.05) is 0 Å². The molecule has 1 N–H and O–H groups in total. The molecule has 0 aliphatic heterocycles. The highest BCUT2D eigenvalue weighted by molar-refractivity contribution is 6.20. The SMILES string of the molecule is CC(Cl)c1ccc(O)c(C(C)(C)C)c1. The van der Waals surface area contributed by atoms with Crippen LogP contribution in [0.15, 0.2) is 18.2 Å². The fourth-order valence-electron chi connectivity index (χ4n) is 1.40. The molecule has 14 heavy (non-hydrogen) atoms. The van der Waals surface area contributed by atoms with Crippen LogP contribution < -0.4 is 0 Å². The van der Waals surface area contributed by atoms with Crippen LogP contribution in [0.4, 0.5) is 0 Å². The Kier molecular flexibility index (Phi) is 3.10. The molecule has 0 aliphatic carbocycles. The molecule has 1 unspecified atom stereocenters. The standard InChI is InChI=1S/C12H17ClO/c1-8(13)9-5-6-11(14)10(7-9)12(2,3)4/h5-8,14H,1-4H3. The van der Waals surface area contributed by atoms with Crippen LogP contribution in [-0.4, -0.2) is 5.11 Å². The number of rotatable bonds is 1. The van der Waals surface area contributed by atoms with E-state index in [4.69, 9.17) is 11.6 Å². The molecule has 2 heteroatoms. The summed E-state index contributed by atoms with van der Waals surface area (Å²) in [5, 5.41) is 9.69. The zero-order valence-corrected chi connectivity index (χ0v) is 9.89. The molecule has 0 bridgehead atoms. The van der Waals surface area contributed by atoms with Gasteiger partial charge >= 0.3 is 0 Å². The van der Waals surface area contributed by atoms with Crippen LogP contribution in [0, 0.1) is 0 Å². The summed E-state index contributed by atoms with van der Waals surface area (Å²) in [7, 11) is 0. The first-order valence-electron chi connectivity index (χ1n) is 4.80. The van der Waals surface area contributed by atoms with Crippen molar-refractivity contribution in [3.8, 4) is 5.75 Å². The third kappa shape index (κ3) is 2.42. The largest absolute Gasteiger partial charge is 0.508 e. The molecule has 78 valence electrons. The lowest BCUT2D eigenvalue weighted by atomic mass is 9.85. The first kappa shape index (κ1) is 11.4. The molecule has 0 heterocycles. The predicted molar refractivity (Wildman–Crippen MR) is 61.1 cm³/mol. The molecule has 0 saturated heterocycles. The zero-order valence-electron chi connectivity index (χ0n) is 9.13. The van der Waals surface area contributed by atoms with Crippen molar-refractivity contribution in [2.24, 2.45) is 0 Å². The molecular formula is C12H17ClO. The molecule has 1 aromatic rings. The summed E-state index contributed by atoms with van der Waals surface area (Å²) in [6.45, 7) is 8.15. The monoisotopic (exact) mass is 212 g/mol. The maximum atomic E-state index is 9.71. The van der Waals surface area contributed by atoms with E-state index in [1.54, 1.807) is 6.07 Å². The Balaban J connectivity index is 3.22. The van der Waals surface area contributed by atoms with Gasteiger partial charge in [0.1, 0.15) is 5.75 Å². The smallest absolute Gasteiger partial charge is 0.119 e. The van der Waals surface area contributed by atoms with Crippen molar-refractivity contribution >= 4 is 11.6 Å². The lowest BCUT2D eigenvalue weighted by Gasteiger charge is -2.21. The van der Waals surface area contributed by atoms with Crippen LogP contribution >= 0.6 is 11.6 Å². The van der Waals surface area contributed by atoms with Gasteiger partial charge in [-0.15, -0.1) is 11.6 Å². The molecule has 0 aliphatic rings. The number of hydrogen-bond acceptors (Lipinski definition) is 1. The van der Waals surface area contributed by atoms with Crippen molar-refractivity contribution < 1.29 is 5.11 Å². The van der Waals surface area contributed by atoms with Crippen LogP contribution in [0.2, 0.25) is 0 Å². The molecule has 0 fully saturated rings. The second-order valence-corrected chi connectivity index (χ2v) is 5.30. The van der Waals surface area contributed by atoms with Crippen LogP contribution in [-0.2, 0) is 5.41 Å². The van der Waals surface area contributed by atoms with E-state index >= 15 is 0 Å². The van der Waals surface area contributed by atoms with E-state index in [-0.39, 0.29) is 10.8 Å². The highest BCUT2D eigenvalue weighted by Gasteiger charge is 2.18. The summed E-state index contributed by atoms with van der Waals surface area (Å²) < 4.78 is 0. The molecule has 0 spiro atoms. The minimum atomic E-state index is -0.0497. The van der Waals surface area contributed by atoms with E-state index in [1.807, 2.05) is 19.1 Å². The van der Waals surface area contributed by atoms with E-state index in [0.717, 1.165) is 11.1 Å². The van der Waals surface area contributed by atoms with E-state index in [0.29, 0.717) is 5.75 Å². The lowest BCUT2D eigenvalue weighted by Crippen LogP contribution is -2.11. The Morgan fingerprint density at radius 1 is 1.29 bits per heavy atom. The van der Waals surface area contributed by atoms with Crippen LogP contribution in [0.25, 0.3) is 0 Å². The maximum absolute atomic E-state index is 9.71. The second-order valence-electron chi connectivity index (χ2n) is 4.64. The second kappa shape index (κ2) is 3.82. The molecule has 0 aromatic heterocycles. The molecule has 0 radical (unpaired) electrons. The maximum Gasteiger partial charge on any atom is 0.119 e. The van der Waals surface area contributed by atoms with E-state index in [9.17, 15) is 5.11 Å². The molecule has 1 rings (SSSR count). The van der Waals surface area contributed by atoms with Crippen LogP contribution in [0.3, 0.4) is 0 Å². The van der Waals surface area contributed by atoms with Crippen molar-refractivity contribution in [2.75, 3.05) is 0 Å². The Labute approximate surface area is 90.7 Å². The number of phenols is 1. The van der Waals surface area contributed by atoms with Gasteiger partial charge in [-0.3, -0.25) is 0 Å². The van der Waals surface area contributed by atoms with Crippen molar-refractivity contribution in [1.82, 2.24) is 0 Å². The number of aromatic hydroxyl groups is 1. The van der Waals surface area contributed by atoms with E-state index in [1.165, 1.54) is 0 Å². The zero-order chi connectivity index (χ0) is 10.9. The Hall–Kier alpha value is -0.690. The molecule has 0 amide bonds. The van der Waals surface area contributed by atoms with Gasteiger partial charge in [0.05, 0.1) is 5.38 Å². The Morgan fingerprint density at radius 2 is 1.86 bits per heavy atom. The average molecular weight is 213 g/mol. The summed E-state index contributed by atoms with van der Waals surface area (Å²) in [5.41, 5.74) is 1.95. The van der Waals surface area contributed by atoms with Crippen LogP contribution in [0.1, 0.15) is 44.2 Å². The Bertz CT molecular complexity index is 324. The fourth-order valence-corrected chi connectivity index (χ4v) is 1.54. The Morgan fingerprint density at radius 3 is 2.29 bits per heavy atom. The summed E-state index contributed by atoms with van der Waals surface area (Å²) in [6.07, 6.45) is 0. The quantitative estimate of drug-likeness (QED) is 0.698.